The van der Waals surface area contributed by atoms with Gasteiger partial charge in [-0.25, -0.2) is 0 Å². The molecule has 0 saturated heterocycles. The average molecular weight is 281 g/mol. The molecule has 0 radical (unpaired) electrons. The lowest BCUT2D eigenvalue weighted by molar-refractivity contribution is 0.204. The second-order valence-electron chi connectivity index (χ2n) is 4.79. The summed E-state index contributed by atoms with van der Waals surface area (Å²) in [6.07, 6.45) is 3.37. The summed E-state index contributed by atoms with van der Waals surface area (Å²) >= 11 is 0. The molecule has 0 spiro atoms. The summed E-state index contributed by atoms with van der Waals surface area (Å²) in [5.41, 5.74) is 0. The SMILES string of the molecule is CCCNc1nc(OC)nc(N(CCOC)C2CC2)n1. The minimum Gasteiger partial charge on any atom is -0.467 e. The molecular formula is C13H23N5O2. The van der Waals surface area contributed by atoms with Crippen molar-refractivity contribution < 1.29 is 9.47 Å². The molecule has 0 aliphatic heterocycles. The first-order valence-corrected chi connectivity index (χ1v) is 7.08. The summed E-state index contributed by atoms with van der Waals surface area (Å²) in [7, 11) is 3.27. The molecule has 0 atom stereocenters. The Morgan fingerprint density at radius 3 is 2.65 bits per heavy atom. The molecule has 1 saturated carbocycles. The molecule has 0 aromatic carbocycles. The van der Waals surface area contributed by atoms with E-state index in [2.05, 4.69) is 32.1 Å². The quantitative estimate of drug-likeness (QED) is 0.731. The Balaban J connectivity index is 2.18. The zero-order valence-electron chi connectivity index (χ0n) is 12.4. The topological polar surface area (TPSA) is 72.4 Å². The Labute approximate surface area is 119 Å². The lowest BCUT2D eigenvalue weighted by Crippen LogP contribution is -2.31. The summed E-state index contributed by atoms with van der Waals surface area (Å²) in [5.74, 6) is 1.23. The van der Waals surface area contributed by atoms with Gasteiger partial charge >= 0.3 is 6.01 Å². The molecule has 1 aliphatic rings. The van der Waals surface area contributed by atoms with Crippen molar-refractivity contribution in [2.24, 2.45) is 0 Å². The molecule has 1 heterocycles. The van der Waals surface area contributed by atoms with Crippen LogP contribution in [-0.2, 0) is 4.74 Å². The number of methoxy groups -OCH3 is 2. The van der Waals surface area contributed by atoms with Gasteiger partial charge in [0.05, 0.1) is 13.7 Å². The highest BCUT2D eigenvalue weighted by Crippen LogP contribution is 2.30. The maximum atomic E-state index is 5.17. The van der Waals surface area contributed by atoms with Gasteiger partial charge in [0, 0.05) is 26.2 Å². The molecule has 1 aliphatic carbocycles. The average Bonchev–Trinajstić information content (AvgIpc) is 3.30. The van der Waals surface area contributed by atoms with E-state index in [0.717, 1.165) is 19.5 Å². The Kier molecular flexibility index (Phi) is 5.34. The highest BCUT2D eigenvalue weighted by atomic mass is 16.5. The number of anilines is 2. The number of hydrogen-bond acceptors (Lipinski definition) is 7. The van der Waals surface area contributed by atoms with Crippen molar-refractivity contribution in [1.82, 2.24) is 15.0 Å². The Morgan fingerprint density at radius 2 is 2.05 bits per heavy atom. The van der Waals surface area contributed by atoms with E-state index < -0.39 is 0 Å². The maximum Gasteiger partial charge on any atom is 0.322 e. The summed E-state index contributed by atoms with van der Waals surface area (Å²) in [4.78, 5) is 15.2. The summed E-state index contributed by atoms with van der Waals surface area (Å²) in [6.45, 7) is 4.36. The first-order valence-electron chi connectivity index (χ1n) is 7.08. The minimum atomic E-state index is 0.344. The van der Waals surface area contributed by atoms with Gasteiger partial charge in [0.25, 0.3) is 0 Å². The zero-order valence-corrected chi connectivity index (χ0v) is 12.4. The first-order chi connectivity index (χ1) is 9.78. The van der Waals surface area contributed by atoms with Crippen LogP contribution < -0.4 is 15.0 Å². The van der Waals surface area contributed by atoms with Crippen LogP contribution in [0.25, 0.3) is 0 Å². The molecule has 1 aromatic heterocycles. The van der Waals surface area contributed by atoms with Gasteiger partial charge in [-0.05, 0) is 19.3 Å². The van der Waals surface area contributed by atoms with Gasteiger partial charge in [0.1, 0.15) is 0 Å². The van der Waals surface area contributed by atoms with Gasteiger partial charge in [-0.3, -0.25) is 0 Å². The third-order valence-electron chi connectivity index (χ3n) is 3.10. The van der Waals surface area contributed by atoms with E-state index >= 15 is 0 Å². The second kappa shape index (κ2) is 7.23. The molecule has 0 unspecified atom stereocenters. The summed E-state index contributed by atoms with van der Waals surface area (Å²) in [6, 6.07) is 0.855. The highest BCUT2D eigenvalue weighted by Gasteiger charge is 2.31. The highest BCUT2D eigenvalue weighted by molar-refractivity contribution is 5.40. The fraction of sp³-hybridized carbons (Fsp3) is 0.769. The van der Waals surface area contributed by atoms with Crippen LogP contribution >= 0.6 is 0 Å². The normalized spacial score (nSPS) is 14.2. The molecule has 1 fully saturated rings. The van der Waals surface area contributed by atoms with Crippen molar-refractivity contribution in [3.8, 4) is 6.01 Å². The molecule has 112 valence electrons. The third kappa shape index (κ3) is 3.93. The fourth-order valence-corrected chi connectivity index (χ4v) is 1.90. The van der Waals surface area contributed by atoms with Crippen molar-refractivity contribution in [1.29, 1.82) is 0 Å². The number of hydrogen-bond donors (Lipinski definition) is 1. The van der Waals surface area contributed by atoms with Crippen molar-refractivity contribution in [3.05, 3.63) is 0 Å². The number of aromatic nitrogens is 3. The van der Waals surface area contributed by atoms with Crippen LogP contribution in [0.1, 0.15) is 26.2 Å². The smallest absolute Gasteiger partial charge is 0.322 e. The van der Waals surface area contributed by atoms with Gasteiger partial charge in [0.15, 0.2) is 0 Å². The van der Waals surface area contributed by atoms with Gasteiger partial charge < -0.3 is 19.7 Å². The predicted molar refractivity (Wildman–Crippen MR) is 77.4 cm³/mol. The van der Waals surface area contributed by atoms with E-state index in [-0.39, 0.29) is 0 Å². The summed E-state index contributed by atoms with van der Waals surface area (Å²) < 4.78 is 10.3. The lowest BCUT2D eigenvalue weighted by atomic mass is 10.5. The van der Waals surface area contributed by atoms with E-state index in [9.17, 15) is 0 Å². The van der Waals surface area contributed by atoms with Crippen LogP contribution in [0.15, 0.2) is 0 Å². The van der Waals surface area contributed by atoms with Crippen molar-refractivity contribution in [2.45, 2.75) is 32.2 Å². The van der Waals surface area contributed by atoms with E-state index in [4.69, 9.17) is 9.47 Å². The van der Waals surface area contributed by atoms with Gasteiger partial charge in [-0.15, -0.1) is 0 Å². The summed E-state index contributed by atoms with van der Waals surface area (Å²) in [5, 5.41) is 3.18. The molecule has 0 amide bonds. The van der Waals surface area contributed by atoms with Crippen LogP contribution in [0.4, 0.5) is 11.9 Å². The van der Waals surface area contributed by atoms with Crippen LogP contribution in [0.3, 0.4) is 0 Å². The standard InChI is InChI=1S/C13H23N5O2/c1-4-7-14-11-15-12(17-13(16-11)20-3)18(8-9-19-2)10-5-6-10/h10H,4-9H2,1-3H3,(H,14,15,16,17). The first kappa shape index (κ1) is 14.8. The van der Waals surface area contributed by atoms with E-state index in [1.165, 1.54) is 12.8 Å². The number of nitrogens with one attached hydrogen (secondary N) is 1. The van der Waals surface area contributed by atoms with Crippen molar-refractivity contribution >= 4 is 11.9 Å². The van der Waals surface area contributed by atoms with Crippen LogP contribution in [0.2, 0.25) is 0 Å². The Bertz CT molecular complexity index is 425. The van der Waals surface area contributed by atoms with Crippen LogP contribution in [0, 0.1) is 0 Å². The molecule has 7 nitrogen and oxygen atoms in total. The van der Waals surface area contributed by atoms with Crippen molar-refractivity contribution in [2.75, 3.05) is 44.1 Å². The number of rotatable bonds is 9. The Hall–Kier alpha value is -1.63. The molecule has 1 aromatic rings. The molecule has 2 rings (SSSR count). The largest absolute Gasteiger partial charge is 0.467 e. The van der Waals surface area contributed by atoms with Gasteiger partial charge in [0.2, 0.25) is 11.9 Å². The fourth-order valence-electron chi connectivity index (χ4n) is 1.90. The Morgan fingerprint density at radius 1 is 1.25 bits per heavy atom. The maximum absolute atomic E-state index is 5.17. The molecular weight excluding hydrogens is 258 g/mol. The minimum absolute atomic E-state index is 0.344. The molecule has 0 bridgehead atoms. The van der Waals surface area contributed by atoms with Gasteiger partial charge in [-0.2, -0.15) is 15.0 Å². The second-order valence-corrected chi connectivity index (χ2v) is 4.79. The third-order valence-corrected chi connectivity index (χ3v) is 3.10. The number of ether oxygens (including phenoxy) is 2. The monoisotopic (exact) mass is 281 g/mol. The zero-order chi connectivity index (χ0) is 14.4. The van der Waals surface area contributed by atoms with Crippen LogP contribution in [0.5, 0.6) is 6.01 Å². The van der Waals surface area contributed by atoms with Crippen molar-refractivity contribution in [3.63, 3.8) is 0 Å². The van der Waals surface area contributed by atoms with E-state index in [1.807, 2.05) is 0 Å². The van der Waals surface area contributed by atoms with Gasteiger partial charge in [-0.1, -0.05) is 6.92 Å². The van der Waals surface area contributed by atoms with E-state index in [0.29, 0.717) is 30.6 Å². The molecule has 20 heavy (non-hydrogen) atoms. The molecule has 1 N–H and O–H groups in total. The predicted octanol–water partition coefficient (Wildman–Crippen LogP) is 1.32. The van der Waals surface area contributed by atoms with E-state index in [1.54, 1.807) is 14.2 Å². The lowest BCUT2D eigenvalue weighted by Gasteiger charge is -2.22. The number of nitrogens with zero attached hydrogens (tertiary/aromatic N) is 4. The molecule has 7 heteroatoms. The van der Waals surface area contributed by atoms with Crippen LogP contribution in [-0.4, -0.2) is 54.9 Å².